The van der Waals surface area contributed by atoms with Crippen molar-refractivity contribution in [3.8, 4) is 11.5 Å². The lowest BCUT2D eigenvalue weighted by Crippen LogP contribution is -2.40. The molecule has 1 N–H and O–H groups in total. The molecule has 1 amide bonds. The zero-order chi connectivity index (χ0) is 22.6. The standard InChI is InChI=1S/C23H29N3O5S/c1-32(28,29)26(20-9-10-21-22(15-20)31-14-13-30-21)17-23(27)24-16-18-5-7-19(8-6-18)25-11-3-2-4-12-25/h5-10,15H,2-4,11-14,16-17H2,1H3,(H,24,27). The number of rotatable bonds is 7. The van der Waals surface area contributed by atoms with Crippen LogP contribution in [0.25, 0.3) is 0 Å². The van der Waals surface area contributed by atoms with E-state index in [1.165, 1.54) is 24.9 Å². The van der Waals surface area contributed by atoms with Gasteiger partial charge in [-0.2, -0.15) is 0 Å². The molecule has 1 fully saturated rings. The number of piperidine rings is 1. The van der Waals surface area contributed by atoms with Gasteiger partial charge in [-0.3, -0.25) is 9.10 Å². The van der Waals surface area contributed by atoms with Crippen molar-refractivity contribution in [2.45, 2.75) is 25.8 Å². The maximum atomic E-state index is 12.6. The molecule has 2 aliphatic heterocycles. The number of amides is 1. The molecule has 2 aromatic carbocycles. The molecule has 0 aromatic heterocycles. The molecular weight excluding hydrogens is 430 g/mol. The number of benzene rings is 2. The predicted octanol–water partition coefficient (Wildman–Crippen LogP) is 2.53. The summed E-state index contributed by atoms with van der Waals surface area (Å²) < 4.78 is 36.8. The smallest absolute Gasteiger partial charge is 0.241 e. The SMILES string of the molecule is CS(=O)(=O)N(CC(=O)NCc1ccc(N2CCCCC2)cc1)c1ccc2c(c1)OCCO2. The van der Waals surface area contributed by atoms with Crippen LogP contribution in [-0.2, 0) is 21.4 Å². The van der Waals surface area contributed by atoms with Crippen molar-refractivity contribution in [1.29, 1.82) is 0 Å². The number of carbonyl (C=O) groups excluding carboxylic acids is 1. The number of hydrogen-bond donors (Lipinski definition) is 1. The zero-order valence-electron chi connectivity index (χ0n) is 18.2. The first-order valence-electron chi connectivity index (χ1n) is 10.9. The molecule has 2 heterocycles. The van der Waals surface area contributed by atoms with E-state index in [2.05, 4.69) is 22.3 Å². The molecule has 0 atom stereocenters. The van der Waals surface area contributed by atoms with E-state index in [1.54, 1.807) is 18.2 Å². The van der Waals surface area contributed by atoms with Gasteiger partial charge in [0.2, 0.25) is 15.9 Å². The topological polar surface area (TPSA) is 88.2 Å². The number of anilines is 2. The maximum Gasteiger partial charge on any atom is 0.241 e. The molecular formula is C23H29N3O5S. The van der Waals surface area contributed by atoms with Crippen LogP contribution in [0.3, 0.4) is 0 Å². The monoisotopic (exact) mass is 459 g/mol. The molecule has 0 aliphatic carbocycles. The molecule has 0 bridgehead atoms. The van der Waals surface area contributed by atoms with E-state index >= 15 is 0 Å². The Hall–Kier alpha value is -2.94. The summed E-state index contributed by atoms with van der Waals surface area (Å²) in [5, 5.41) is 2.82. The second-order valence-electron chi connectivity index (χ2n) is 8.09. The minimum absolute atomic E-state index is 0.315. The van der Waals surface area contributed by atoms with Gasteiger partial charge in [-0.05, 0) is 49.1 Å². The predicted molar refractivity (Wildman–Crippen MR) is 124 cm³/mol. The number of hydrogen-bond acceptors (Lipinski definition) is 6. The molecule has 0 saturated carbocycles. The van der Waals surface area contributed by atoms with Crippen LogP contribution in [0.2, 0.25) is 0 Å². The molecule has 172 valence electrons. The second kappa shape index (κ2) is 9.68. The summed E-state index contributed by atoms with van der Waals surface area (Å²) in [6, 6.07) is 13.0. The van der Waals surface area contributed by atoms with Crippen LogP contribution in [0.5, 0.6) is 11.5 Å². The highest BCUT2D eigenvalue weighted by atomic mass is 32.2. The van der Waals surface area contributed by atoms with Crippen molar-refractivity contribution >= 4 is 27.3 Å². The van der Waals surface area contributed by atoms with E-state index in [4.69, 9.17) is 9.47 Å². The van der Waals surface area contributed by atoms with Crippen molar-refractivity contribution in [2.75, 3.05) is 48.3 Å². The van der Waals surface area contributed by atoms with Gasteiger partial charge in [0.05, 0.1) is 11.9 Å². The first kappa shape index (κ1) is 22.3. The first-order valence-corrected chi connectivity index (χ1v) is 12.7. The molecule has 4 rings (SSSR count). The van der Waals surface area contributed by atoms with Crippen molar-refractivity contribution in [1.82, 2.24) is 5.32 Å². The number of nitrogens with zero attached hydrogens (tertiary/aromatic N) is 2. The van der Waals surface area contributed by atoms with E-state index in [-0.39, 0.29) is 12.5 Å². The third-order valence-corrected chi connectivity index (χ3v) is 6.79. The molecule has 8 nitrogen and oxygen atoms in total. The molecule has 9 heteroatoms. The fourth-order valence-electron chi connectivity index (χ4n) is 3.95. The summed E-state index contributed by atoms with van der Waals surface area (Å²) in [6.07, 6.45) is 4.81. The minimum atomic E-state index is -3.67. The van der Waals surface area contributed by atoms with Crippen LogP contribution >= 0.6 is 0 Å². The Bertz CT molecular complexity index is 1050. The summed E-state index contributed by atoms with van der Waals surface area (Å²) in [6.45, 7) is 3.02. The maximum absolute atomic E-state index is 12.6. The average molecular weight is 460 g/mol. The number of fused-ring (bicyclic) bond motifs is 1. The lowest BCUT2D eigenvalue weighted by molar-refractivity contribution is -0.119. The van der Waals surface area contributed by atoms with E-state index in [9.17, 15) is 13.2 Å². The van der Waals surface area contributed by atoms with Gasteiger partial charge in [0, 0.05) is 31.4 Å². The average Bonchev–Trinajstić information content (AvgIpc) is 2.81. The Kier molecular flexibility index (Phi) is 6.74. The Morgan fingerprint density at radius 3 is 2.38 bits per heavy atom. The Morgan fingerprint density at radius 1 is 1.00 bits per heavy atom. The van der Waals surface area contributed by atoms with E-state index in [0.717, 1.165) is 29.2 Å². The molecule has 2 aliphatic rings. The summed E-state index contributed by atoms with van der Waals surface area (Å²) in [5.41, 5.74) is 2.52. The summed E-state index contributed by atoms with van der Waals surface area (Å²) in [4.78, 5) is 14.9. The number of nitrogens with one attached hydrogen (secondary N) is 1. The van der Waals surface area contributed by atoms with Crippen molar-refractivity contribution in [2.24, 2.45) is 0 Å². The molecule has 0 unspecified atom stereocenters. The fourth-order valence-corrected chi connectivity index (χ4v) is 4.80. The molecule has 0 radical (unpaired) electrons. The first-order chi connectivity index (χ1) is 15.4. The van der Waals surface area contributed by atoms with Gasteiger partial charge in [0.1, 0.15) is 19.8 Å². The van der Waals surface area contributed by atoms with E-state index < -0.39 is 10.0 Å². The number of ether oxygens (including phenoxy) is 2. The summed E-state index contributed by atoms with van der Waals surface area (Å²) in [5.74, 6) is 0.646. The third kappa shape index (κ3) is 5.45. The van der Waals surface area contributed by atoms with Crippen LogP contribution in [0, 0.1) is 0 Å². The normalized spacial score (nSPS) is 15.8. The summed E-state index contributed by atoms with van der Waals surface area (Å²) >= 11 is 0. The molecule has 1 saturated heterocycles. The van der Waals surface area contributed by atoms with Gasteiger partial charge in [0.25, 0.3) is 0 Å². The Labute approximate surface area is 189 Å². The van der Waals surface area contributed by atoms with Gasteiger partial charge in [-0.1, -0.05) is 12.1 Å². The van der Waals surface area contributed by atoms with Crippen LogP contribution in [0.15, 0.2) is 42.5 Å². The van der Waals surface area contributed by atoms with E-state index in [1.807, 2.05) is 12.1 Å². The van der Waals surface area contributed by atoms with Gasteiger partial charge < -0.3 is 19.7 Å². The highest BCUT2D eigenvalue weighted by Gasteiger charge is 2.23. The number of sulfonamides is 1. The fraction of sp³-hybridized carbons (Fsp3) is 0.435. The van der Waals surface area contributed by atoms with Crippen molar-refractivity contribution in [3.63, 3.8) is 0 Å². The van der Waals surface area contributed by atoms with Crippen LogP contribution < -0.4 is 24.0 Å². The Balaban J connectivity index is 1.38. The van der Waals surface area contributed by atoms with Crippen molar-refractivity contribution < 1.29 is 22.7 Å². The summed E-state index contributed by atoms with van der Waals surface area (Å²) in [7, 11) is -3.67. The van der Waals surface area contributed by atoms with Gasteiger partial charge in [-0.25, -0.2) is 8.42 Å². The molecule has 32 heavy (non-hydrogen) atoms. The van der Waals surface area contributed by atoms with Gasteiger partial charge in [0.15, 0.2) is 11.5 Å². The lowest BCUT2D eigenvalue weighted by atomic mass is 10.1. The second-order valence-corrected chi connectivity index (χ2v) is 10.00. The number of carbonyl (C=O) groups is 1. The quantitative estimate of drug-likeness (QED) is 0.685. The molecule has 0 spiro atoms. The van der Waals surface area contributed by atoms with Gasteiger partial charge in [-0.15, -0.1) is 0 Å². The highest BCUT2D eigenvalue weighted by molar-refractivity contribution is 7.92. The van der Waals surface area contributed by atoms with Crippen LogP contribution in [-0.4, -0.2) is 53.4 Å². The largest absolute Gasteiger partial charge is 0.486 e. The third-order valence-electron chi connectivity index (χ3n) is 5.65. The minimum Gasteiger partial charge on any atom is -0.486 e. The van der Waals surface area contributed by atoms with Gasteiger partial charge >= 0.3 is 0 Å². The molecule has 2 aromatic rings. The highest BCUT2D eigenvalue weighted by Crippen LogP contribution is 2.34. The zero-order valence-corrected chi connectivity index (χ0v) is 19.1. The Morgan fingerprint density at radius 2 is 1.69 bits per heavy atom. The van der Waals surface area contributed by atoms with Crippen molar-refractivity contribution in [3.05, 3.63) is 48.0 Å². The van der Waals surface area contributed by atoms with E-state index in [0.29, 0.717) is 36.9 Å². The van der Waals surface area contributed by atoms with Crippen LogP contribution in [0.1, 0.15) is 24.8 Å². The lowest BCUT2D eigenvalue weighted by Gasteiger charge is -2.28. The van der Waals surface area contributed by atoms with Crippen LogP contribution in [0.4, 0.5) is 11.4 Å².